The summed E-state index contributed by atoms with van der Waals surface area (Å²) in [4.78, 5) is 26.7. The third-order valence-corrected chi connectivity index (χ3v) is 3.87. The maximum atomic E-state index is 12.7. The number of para-hydroxylation sites is 1. The average Bonchev–Trinajstić information content (AvgIpc) is 3.29. The predicted molar refractivity (Wildman–Crippen MR) is 74.6 cm³/mol. The molecule has 5 nitrogen and oxygen atoms in total. The second kappa shape index (κ2) is 5.25. The molecule has 3 rings (SSSR count). The average molecular weight is 274 g/mol. The van der Waals surface area contributed by atoms with E-state index in [1.54, 1.807) is 18.1 Å². The van der Waals surface area contributed by atoms with Crippen molar-refractivity contribution in [3.8, 4) is 0 Å². The van der Waals surface area contributed by atoms with Crippen molar-refractivity contribution in [1.82, 2.24) is 5.32 Å². The predicted octanol–water partition coefficient (Wildman–Crippen LogP) is 1.19. The minimum absolute atomic E-state index is 0.0251. The van der Waals surface area contributed by atoms with Gasteiger partial charge in [-0.1, -0.05) is 12.1 Å². The first-order valence-corrected chi connectivity index (χ1v) is 6.92. The Kier molecular flexibility index (Phi) is 3.44. The quantitative estimate of drug-likeness (QED) is 0.897. The number of methoxy groups -OCH3 is 1. The monoisotopic (exact) mass is 274 g/mol. The van der Waals surface area contributed by atoms with Crippen LogP contribution in [0.3, 0.4) is 0 Å². The Hall–Kier alpha value is -1.88. The van der Waals surface area contributed by atoms with Gasteiger partial charge in [-0.3, -0.25) is 9.59 Å². The maximum Gasteiger partial charge on any atom is 0.254 e. The van der Waals surface area contributed by atoms with Gasteiger partial charge in [-0.05, 0) is 30.9 Å². The van der Waals surface area contributed by atoms with Crippen molar-refractivity contribution in [2.24, 2.45) is 5.92 Å². The van der Waals surface area contributed by atoms with Crippen molar-refractivity contribution in [2.45, 2.75) is 18.9 Å². The lowest BCUT2D eigenvalue weighted by atomic mass is 10.1. The van der Waals surface area contributed by atoms with Gasteiger partial charge in [0.05, 0.1) is 17.9 Å². The molecular weight excluding hydrogens is 256 g/mol. The van der Waals surface area contributed by atoms with E-state index in [9.17, 15) is 9.59 Å². The molecule has 1 aromatic carbocycles. The number of nitrogens with one attached hydrogen (secondary N) is 1. The number of ether oxygens (including phenoxy) is 1. The van der Waals surface area contributed by atoms with Gasteiger partial charge in [0.2, 0.25) is 5.91 Å². The highest BCUT2D eigenvalue weighted by Crippen LogP contribution is 2.36. The van der Waals surface area contributed by atoms with E-state index in [1.807, 2.05) is 18.2 Å². The molecule has 1 fully saturated rings. The summed E-state index contributed by atoms with van der Waals surface area (Å²) in [5.41, 5.74) is 1.23. The molecule has 0 spiro atoms. The molecule has 0 radical (unpaired) electrons. The van der Waals surface area contributed by atoms with Gasteiger partial charge in [-0.25, -0.2) is 0 Å². The van der Waals surface area contributed by atoms with E-state index < -0.39 is 6.04 Å². The van der Waals surface area contributed by atoms with Crippen LogP contribution in [0.4, 0.5) is 5.69 Å². The summed E-state index contributed by atoms with van der Waals surface area (Å²) >= 11 is 0. The Balaban J connectivity index is 1.99. The molecule has 1 aliphatic heterocycles. The van der Waals surface area contributed by atoms with Crippen LogP contribution in [0.2, 0.25) is 0 Å². The van der Waals surface area contributed by atoms with Crippen LogP contribution in [0.1, 0.15) is 23.2 Å². The number of rotatable bonds is 4. The van der Waals surface area contributed by atoms with Gasteiger partial charge in [-0.2, -0.15) is 0 Å². The molecule has 1 aromatic rings. The minimum atomic E-state index is -0.397. The third-order valence-electron chi connectivity index (χ3n) is 3.87. The topological polar surface area (TPSA) is 58.6 Å². The summed E-state index contributed by atoms with van der Waals surface area (Å²) in [7, 11) is 1.61. The van der Waals surface area contributed by atoms with Gasteiger partial charge in [0.25, 0.3) is 5.91 Å². The van der Waals surface area contributed by atoms with E-state index in [1.165, 1.54) is 0 Å². The lowest BCUT2D eigenvalue weighted by Gasteiger charge is -2.24. The molecular formula is C15H18N2O3. The molecule has 1 atom stereocenters. The van der Waals surface area contributed by atoms with Crippen LogP contribution in [0.5, 0.6) is 0 Å². The van der Waals surface area contributed by atoms with Crippen molar-refractivity contribution in [2.75, 3.05) is 25.2 Å². The second-order valence-electron chi connectivity index (χ2n) is 5.29. The highest BCUT2D eigenvalue weighted by molar-refractivity contribution is 6.11. The summed E-state index contributed by atoms with van der Waals surface area (Å²) in [5.74, 6) is 0.0967. The van der Waals surface area contributed by atoms with Gasteiger partial charge >= 0.3 is 0 Å². The van der Waals surface area contributed by atoms with Crippen LogP contribution in [-0.2, 0) is 9.53 Å². The first-order valence-electron chi connectivity index (χ1n) is 6.92. The van der Waals surface area contributed by atoms with Crippen LogP contribution < -0.4 is 10.2 Å². The Bertz CT molecular complexity index is 540. The molecule has 1 aliphatic carbocycles. The summed E-state index contributed by atoms with van der Waals surface area (Å²) in [6.07, 6.45) is 2.01. The molecule has 106 valence electrons. The fourth-order valence-corrected chi connectivity index (χ4v) is 2.63. The summed E-state index contributed by atoms with van der Waals surface area (Å²) in [6.45, 7) is 0.913. The van der Waals surface area contributed by atoms with Crippen LogP contribution in [0.25, 0.3) is 0 Å². The Labute approximate surface area is 117 Å². The maximum absolute atomic E-state index is 12.7. The molecule has 1 unspecified atom stereocenters. The smallest absolute Gasteiger partial charge is 0.254 e. The normalized spacial score (nSPS) is 22.2. The molecule has 1 N–H and O–H groups in total. The van der Waals surface area contributed by atoms with Crippen molar-refractivity contribution < 1.29 is 14.3 Å². The molecule has 2 aliphatic rings. The van der Waals surface area contributed by atoms with E-state index in [0.717, 1.165) is 12.8 Å². The molecule has 1 heterocycles. The lowest BCUT2D eigenvalue weighted by molar-refractivity contribution is -0.120. The first-order chi connectivity index (χ1) is 9.72. The molecule has 0 aromatic heterocycles. The van der Waals surface area contributed by atoms with Gasteiger partial charge in [-0.15, -0.1) is 0 Å². The zero-order chi connectivity index (χ0) is 14.1. The Morgan fingerprint density at radius 3 is 2.75 bits per heavy atom. The first kappa shape index (κ1) is 13.1. The van der Waals surface area contributed by atoms with E-state index in [2.05, 4.69) is 5.32 Å². The molecule has 0 bridgehead atoms. The van der Waals surface area contributed by atoms with Crippen molar-refractivity contribution in [3.05, 3.63) is 29.8 Å². The van der Waals surface area contributed by atoms with Crippen molar-refractivity contribution in [1.29, 1.82) is 0 Å². The molecule has 0 saturated heterocycles. The number of benzene rings is 1. The van der Waals surface area contributed by atoms with Crippen molar-refractivity contribution >= 4 is 17.5 Å². The Morgan fingerprint density at radius 2 is 2.05 bits per heavy atom. The lowest BCUT2D eigenvalue weighted by Crippen LogP contribution is -2.48. The number of hydrogen-bond donors (Lipinski definition) is 1. The van der Waals surface area contributed by atoms with E-state index in [-0.39, 0.29) is 17.7 Å². The standard InChI is InChI=1S/C15H18N2O3/c1-20-9-8-17-12-5-3-2-4-11(12)14(18)16-13(15(17)19)10-6-7-10/h2-5,10,13H,6-9H2,1H3,(H,16,18). The van der Waals surface area contributed by atoms with E-state index in [0.29, 0.717) is 24.4 Å². The number of amides is 2. The minimum Gasteiger partial charge on any atom is -0.383 e. The second-order valence-corrected chi connectivity index (χ2v) is 5.29. The van der Waals surface area contributed by atoms with Crippen molar-refractivity contribution in [3.63, 3.8) is 0 Å². The number of fused-ring (bicyclic) bond motifs is 1. The van der Waals surface area contributed by atoms with E-state index >= 15 is 0 Å². The number of nitrogens with zero attached hydrogens (tertiary/aromatic N) is 1. The molecule has 20 heavy (non-hydrogen) atoms. The van der Waals surface area contributed by atoms with Crippen LogP contribution in [-0.4, -0.2) is 38.1 Å². The zero-order valence-electron chi connectivity index (χ0n) is 11.5. The largest absolute Gasteiger partial charge is 0.383 e. The van der Waals surface area contributed by atoms with Crippen LogP contribution in [0, 0.1) is 5.92 Å². The van der Waals surface area contributed by atoms with Crippen LogP contribution >= 0.6 is 0 Å². The fourth-order valence-electron chi connectivity index (χ4n) is 2.63. The fraction of sp³-hybridized carbons (Fsp3) is 0.467. The SMILES string of the molecule is COCCN1C(=O)C(C2CC2)NC(=O)c2ccccc21. The van der Waals surface area contributed by atoms with Gasteiger partial charge < -0.3 is 15.0 Å². The highest BCUT2D eigenvalue weighted by atomic mass is 16.5. The molecule has 1 saturated carbocycles. The zero-order valence-corrected chi connectivity index (χ0v) is 11.5. The van der Waals surface area contributed by atoms with Gasteiger partial charge in [0.15, 0.2) is 0 Å². The number of anilines is 1. The number of carbonyl (C=O) groups excluding carboxylic acids is 2. The molecule has 5 heteroatoms. The summed E-state index contributed by atoms with van der Waals surface area (Å²) in [5, 5.41) is 2.88. The van der Waals surface area contributed by atoms with Gasteiger partial charge in [0.1, 0.15) is 6.04 Å². The number of carbonyl (C=O) groups is 2. The van der Waals surface area contributed by atoms with Gasteiger partial charge in [0, 0.05) is 13.7 Å². The summed E-state index contributed by atoms with van der Waals surface area (Å²) < 4.78 is 5.09. The third kappa shape index (κ3) is 2.29. The van der Waals surface area contributed by atoms with Crippen LogP contribution in [0.15, 0.2) is 24.3 Å². The summed E-state index contributed by atoms with van der Waals surface area (Å²) in [6, 6.07) is 6.84. The Morgan fingerprint density at radius 1 is 1.30 bits per heavy atom. The highest BCUT2D eigenvalue weighted by Gasteiger charge is 2.42. The molecule has 2 amide bonds. The number of hydrogen-bond acceptors (Lipinski definition) is 3. The van der Waals surface area contributed by atoms with E-state index in [4.69, 9.17) is 4.74 Å².